The van der Waals surface area contributed by atoms with E-state index in [1.165, 1.54) is 7.11 Å². The number of hydrogen-bond donors (Lipinski definition) is 0. The zero-order valence-electron chi connectivity index (χ0n) is 7.33. The van der Waals surface area contributed by atoms with Crippen molar-refractivity contribution in [2.45, 2.75) is 6.54 Å². The summed E-state index contributed by atoms with van der Waals surface area (Å²) in [5.41, 5.74) is 0. The number of hydrogen-bond acceptors (Lipinski definition) is 2. The van der Waals surface area contributed by atoms with Crippen LogP contribution in [0, 0.1) is 0 Å². The second kappa shape index (κ2) is 5.09. The van der Waals surface area contributed by atoms with E-state index in [2.05, 4.69) is 4.74 Å². The first kappa shape index (κ1) is 12.3. The quantitative estimate of drug-likeness (QED) is 0.401. The number of aryl methyl sites for hydroxylation is 1. The molecule has 0 amide bonds. The van der Waals surface area contributed by atoms with Crippen molar-refractivity contribution in [1.82, 2.24) is 4.57 Å². The minimum absolute atomic E-state index is 0. The van der Waals surface area contributed by atoms with E-state index in [1.807, 2.05) is 0 Å². The minimum Gasteiger partial charge on any atom is -1.00 e. The lowest BCUT2D eigenvalue weighted by Gasteiger charge is -1.92. The molecule has 0 saturated heterocycles. The SMILES string of the molecule is COC(=O)C[n+]1cc(Cl)n(C)c1.[Cl-]. The number of imidazole rings is 1. The maximum atomic E-state index is 10.8. The predicted octanol–water partition coefficient (Wildman–Crippen LogP) is -2.86. The van der Waals surface area contributed by atoms with Gasteiger partial charge in [-0.25, -0.2) is 13.9 Å². The van der Waals surface area contributed by atoms with Gasteiger partial charge in [-0.1, -0.05) is 0 Å². The third-order valence-electron chi connectivity index (χ3n) is 1.47. The Hall–Kier alpha value is -0.740. The highest BCUT2D eigenvalue weighted by molar-refractivity contribution is 6.29. The topological polar surface area (TPSA) is 35.1 Å². The van der Waals surface area contributed by atoms with Crippen LogP contribution >= 0.6 is 11.6 Å². The Kier molecular flexibility index (Phi) is 4.80. The van der Waals surface area contributed by atoms with Gasteiger partial charge >= 0.3 is 5.97 Å². The molecule has 0 aromatic carbocycles. The number of esters is 1. The number of ether oxygens (including phenoxy) is 1. The first-order valence-corrected chi connectivity index (χ1v) is 3.79. The molecule has 0 saturated carbocycles. The molecule has 13 heavy (non-hydrogen) atoms. The van der Waals surface area contributed by atoms with Gasteiger partial charge in [-0.3, -0.25) is 0 Å². The van der Waals surface area contributed by atoms with Crippen molar-refractivity contribution in [3.8, 4) is 0 Å². The number of halogens is 2. The van der Waals surface area contributed by atoms with Gasteiger partial charge in [0.2, 0.25) is 11.5 Å². The molecule has 0 aliphatic rings. The lowest BCUT2D eigenvalue weighted by Crippen LogP contribution is -3.00. The fourth-order valence-corrected chi connectivity index (χ4v) is 1.01. The summed E-state index contributed by atoms with van der Waals surface area (Å²) in [6, 6.07) is 0. The average Bonchev–Trinajstić information content (AvgIpc) is 2.31. The molecule has 74 valence electrons. The Labute approximate surface area is 87.5 Å². The summed E-state index contributed by atoms with van der Waals surface area (Å²) in [5, 5.41) is 0.582. The van der Waals surface area contributed by atoms with Gasteiger partial charge in [0, 0.05) is 0 Å². The summed E-state index contributed by atoms with van der Waals surface area (Å²) in [6.45, 7) is 0.192. The third kappa shape index (κ3) is 3.24. The first-order valence-electron chi connectivity index (χ1n) is 3.41. The van der Waals surface area contributed by atoms with Crippen LogP contribution in [-0.4, -0.2) is 17.6 Å². The molecule has 1 heterocycles. The first-order chi connectivity index (χ1) is 5.63. The summed E-state index contributed by atoms with van der Waals surface area (Å²) < 4.78 is 7.86. The lowest BCUT2D eigenvalue weighted by molar-refractivity contribution is -0.685. The van der Waals surface area contributed by atoms with E-state index in [9.17, 15) is 4.79 Å². The molecule has 0 unspecified atom stereocenters. The summed E-state index contributed by atoms with van der Waals surface area (Å²) >= 11 is 5.75. The molecule has 0 aliphatic carbocycles. The fourth-order valence-electron chi connectivity index (χ4n) is 0.839. The molecule has 0 spiro atoms. The summed E-state index contributed by atoms with van der Waals surface area (Å²) in [4.78, 5) is 10.8. The molecule has 1 aromatic heterocycles. The van der Waals surface area contributed by atoms with Crippen LogP contribution in [0.3, 0.4) is 0 Å². The molecule has 0 fully saturated rings. The smallest absolute Gasteiger partial charge is 0.348 e. The Morgan fingerprint density at radius 1 is 1.77 bits per heavy atom. The van der Waals surface area contributed by atoms with E-state index in [4.69, 9.17) is 11.6 Å². The monoisotopic (exact) mass is 224 g/mol. The zero-order chi connectivity index (χ0) is 9.14. The third-order valence-corrected chi connectivity index (χ3v) is 1.83. The number of rotatable bonds is 2. The number of aromatic nitrogens is 2. The van der Waals surface area contributed by atoms with Crippen molar-refractivity contribution in [2.24, 2.45) is 7.05 Å². The average molecular weight is 225 g/mol. The molecule has 0 N–H and O–H groups in total. The minimum atomic E-state index is -0.290. The van der Waals surface area contributed by atoms with Gasteiger partial charge in [-0.15, -0.1) is 0 Å². The highest BCUT2D eigenvalue weighted by atomic mass is 35.5. The van der Waals surface area contributed by atoms with Crippen molar-refractivity contribution >= 4 is 17.6 Å². The van der Waals surface area contributed by atoms with Gasteiger partial charge in [0.25, 0.3) is 0 Å². The summed E-state index contributed by atoms with van der Waals surface area (Å²) in [5.74, 6) is -0.290. The lowest BCUT2D eigenvalue weighted by atomic mass is 10.6. The Morgan fingerprint density at radius 3 is 2.77 bits per heavy atom. The van der Waals surface area contributed by atoms with E-state index in [0.717, 1.165) is 0 Å². The van der Waals surface area contributed by atoms with Crippen molar-refractivity contribution < 1.29 is 26.5 Å². The van der Waals surface area contributed by atoms with E-state index in [1.54, 1.807) is 28.7 Å². The number of carbonyl (C=O) groups excluding carboxylic acids is 1. The highest BCUT2D eigenvalue weighted by Crippen LogP contribution is 2.01. The molecule has 0 aliphatic heterocycles. The standard InChI is InChI=1S/C7H10ClN2O2.ClH/c1-9-5-10(3-6(9)8)4-7(11)12-2;/h3,5H,4H2,1-2H3;1H/q+1;/p-1. The van der Waals surface area contributed by atoms with Crippen LogP contribution in [0.15, 0.2) is 12.5 Å². The van der Waals surface area contributed by atoms with Crippen LogP contribution in [0.25, 0.3) is 0 Å². The summed E-state index contributed by atoms with van der Waals surface area (Å²) in [7, 11) is 3.16. The van der Waals surface area contributed by atoms with Crippen molar-refractivity contribution in [2.75, 3.05) is 7.11 Å². The van der Waals surface area contributed by atoms with Gasteiger partial charge in [-0.05, 0) is 11.6 Å². The fraction of sp³-hybridized carbons (Fsp3) is 0.429. The largest absolute Gasteiger partial charge is 1.00 e. The molecule has 0 radical (unpaired) electrons. The second-order valence-electron chi connectivity index (χ2n) is 2.43. The van der Waals surface area contributed by atoms with Gasteiger partial charge in [0.1, 0.15) is 6.20 Å². The van der Waals surface area contributed by atoms with Crippen LogP contribution in [0.4, 0.5) is 0 Å². The molecule has 4 nitrogen and oxygen atoms in total. The maximum absolute atomic E-state index is 10.8. The molecule has 0 atom stereocenters. The van der Waals surface area contributed by atoms with Crippen LogP contribution in [-0.2, 0) is 23.1 Å². The highest BCUT2D eigenvalue weighted by Gasteiger charge is 2.10. The van der Waals surface area contributed by atoms with Gasteiger partial charge in [0.05, 0.1) is 14.2 Å². The van der Waals surface area contributed by atoms with Crippen LogP contribution in [0.1, 0.15) is 0 Å². The van der Waals surface area contributed by atoms with Gasteiger partial charge in [-0.2, -0.15) is 0 Å². The Bertz CT molecular complexity index is 279. The molecule has 1 aromatic rings. The number of carbonyl (C=O) groups is 1. The number of nitrogens with zero attached hydrogens (tertiary/aromatic N) is 2. The molecule has 1 rings (SSSR count). The van der Waals surface area contributed by atoms with Crippen LogP contribution in [0.2, 0.25) is 5.15 Å². The van der Waals surface area contributed by atoms with Crippen LogP contribution in [0.5, 0.6) is 0 Å². The Morgan fingerprint density at radius 2 is 2.38 bits per heavy atom. The van der Waals surface area contributed by atoms with Gasteiger partial charge in [0.15, 0.2) is 6.54 Å². The van der Waals surface area contributed by atoms with Crippen molar-refractivity contribution in [1.29, 1.82) is 0 Å². The molecular formula is C7H10Cl2N2O2. The number of methoxy groups -OCH3 is 1. The van der Waals surface area contributed by atoms with Gasteiger partial charge < -0.3 is 17.1 Å². The molecule has 6 heteroatoms. The normalized spacial score (nSPS) is 9.15. The van der Waals surface area contributed by atoms with E-state index in [0.29, 0.717) is 5.15 Å². The predicted molar refractivity (Wildman–Crippen MR) is 42.6 cm³/mol. The zero-order valence-corrected chi connectivity index (χ0v) is 8.84. The molecule has 0 bridgehead atoms. The maximum Gasteiger partial charge on any atom is 0.348 e. The summed E-state index contributed by atoms with van der Waals surface area (Å²) in [6.07, 6.45) is 3.39. The molecular weight excluding hydrogens is 215 g/mol. The Balaban J connectivity index is 0.00000144. The van der Waals surface area contributed by atoms with E-state index < -0.39 is 0 Å². The second-order valence-corrected chi connectivity index (χ2v) is 2.81. The van der Waals surface area contributed by atoms with Crippen molar-refractivity contribution in [3.63, 3.8) is 0 Å². The van der Waals surface area contributed by atoms with Crippen molar-refractivity contribution in [3.05, 3.63) is 17.7 Å². The van der Waals surface area contributed by atoms with E-state index >= 15 is 0 Å². The van der Waals surface area contributed by atoms with Crippen LogP contribution < -0.4 is 17.0 Å². The van der Waals surface area contributed by atoms with E-state index in [-0.39, 0.29) is 24.9 Å².